The van der Waals surface area contributed by atoms with Crippen LogP contribution in [0.25, 0.3) is 0 Å². The number of aromatic nitrogens is 1. The largest absolute Gasteiger partial charge is 0.384 e. The first kappa shape index (κ1) is 7.85. The van der Waals surface area contributed by atoms with Crippen molar-refractivity contribution in [2.24, 2.45) is 5.73 Å². The maximum Gasteiger partial charge on any atom is 0.124 e. The second kappa shape index (κ2) is 3.23. The van der Waals surface area contributed by atoms with Gasteiger partial charge in [-0.2, -0.15) is 0 Å². The molecule has 0 saturated carbocycles. The van der Waals surface area contributed by atoms with Gasteiger partial charge in [0.05, 0.1) is 0 Å². The van der Waals surface area contributed by atoms with Crippen LogP contribution >= 0.6 is 0 Å². The van der Waals surface area contributed by atoms with Crippen molar-refractivity contribution in [1.82, 2.24) is 4.98 Å². The number of hydrogen-bond acceptors (Lipinski definition) is 1. The number of aryl methyl sites for hydroxylation is 1. The highest BCUT2D eigenvalue weighted by Crippen LogP contribution is 2.07. The van der Waals surface area contributed by atoms with Crippen molar-refractivity contribution >= 4 is 5.84 Å². The third kappa shape index (κ3) is 1.61. The van der Waals surface area contributed by atoms with Gasteiger partial charge in [0.25, 0.3) is 0 Å². The van der Waals surface area contributed by atoms with Gasteiger partial charge in [-0.05, 0) is 12.5 Å². The highest BCUT2D eigenvalue weighted by Gasteiger charge is 2.03. The van der Waals surface area contributed by atoms with E-state index < -0.39 is 0 Å². The average Bonchev–Trinajstić information content (AvgIpc) is 2.36. The molecule has 1 aromatic rings. The Hall–Kier alpha value is -1.25. The zero-order valence-electron chi connectivity index (χ0n) is 6.65. The number of rotatable bonds is 3. The summed E-state index contributed by atoms with van der Waals surface area (Å²) < 4.78 is 0. The van der Waals surface area contributed by atoms with E-state index in [0.29, 0.717) is 0 Å². The molecule has 0 aromatic carbocycles. The van der Waals surface area contributed by atoms with E-state index in [9.17, 15) is 0 Å². The minimum absolute atomic E-state index is 0.148. The number of aromatic amines is 1. The van der Waals surface area contributed by atoms with Gasteiger partial charge in [0.15, 0.2) is 0 Å². The fourth-order valence-corrected chi connectivity index (χ4v) is 1.11. The van der Waals surface area contributed by atoms with Crippen molar-refractivity contribution in [2.45, 2.75) is 19.8 Å². The van der Waals surface area contributed by atoms with E-state index in [1.54, 1.807) is 0 Å². The molecule has 1 rings (SSSR count). The molecular weight excluding hydrogens is 138 g/mol. The minimum atomic E-state index is 0.148. The van der Waals surface area contributed by atoms with Gasteiger partial charge >= 0.3 is 0 Å². The summed E-state index contributed by atoms with van der Waals surface area (Å²) in [5.41, 5.74) is 7.26. The van der Waals surface area contributed by atoms with E-state index in [-0.39, 0.29) is 5.84 Å². The van der Waals surface area contributed by atoms with E-state index >= 15 is 0 Å². The number of nitrogens with one attached hydrogen (secondary N) is 2. The summed E-state index contributed by atoms with van der Waals surface area (Å²) in [6.07, 6.45) is 3.85. The molecule has 0 spiro atoms. The molecular formula is C8H13N3. The summed E-state index contributed by atoms with van der Waals surface area (Å²) in [7, 11) is 0. The fourth-order valence-electron chi connectivity index (χ4n) is 1.11. The normalized spacial score (nSPS) is 9.91. The molecule has 3 nitrogen and oxygen atoms in total. The van der Waals surface area contributed by atoms with E-state index in [1.807, 2.05) is 12.3 Å². The Bertz CT molecular complexity index is 250. The van der Waals surface area contributed by atoms with E-state index in [1.165, 1.54) is 0 Å². The zero-order valence-corrected chi connectivity index (χ0v) is 6.65. The van der Waals surface area contributed by atoms with Crippen molar-refractivity contribution in [2.75, 3.05) is 0 Å². The first-order valence-electron chi connectivity index (χ1n) is 3.76. The molecule has 0 aliphatic rings. The second-order valence-electron chi connectivity index (χ2n) is 2.53. The third-order valence-corrected chi connectivity index (χ3v) is 1.62. The molecule has 0 unspecified atom stereocenters. The van der Waals surface area contributed by atoms with Crippen LogP contribution in [0.3, 0.4) is 0 Å². The van der Waals surface area contributed by atoms with Crippen molar-refractivity contribution in [3.63, 3.8) is 0 Å². The Morgan fingerprint density at radius 2 is 2.45 bits per heavy atom. The van der Waals surface area contributed by atoms with Crippen molar-refractivity contribution in [3.8, 4) is 0 Å². The van der Waals surface area contributed by atoms with Crippen molar-refractivity contribution in [1.29, 1.82) is 5.41 Å². The summed E-state index contributed by atoms with van der Waals surface area (Å²) in [6.45, 7) is 2.10. The maximum absolute atomic E-state index is 7.23. The summed E-state index contributed by atoms with van der Waals surface area (Å²) in [4.78, 5) is 3.07. The Morgan fingerprint density at radius 1 is 1.73 bits per heavy atom. The van der Waals surface area contributed by atoms with Gasteiger partial charge < -0.3 is 10.7 Å². The standard InChI is InChI=1S/C8H13N3/c1-2-3-7-6(8(9)10)4-5-11-7/h4-5,11H,2-3H2,1H3,(H3,9,10). The molecule has 0 aliphatic carbocycles. The molecule has 0 bridgehead atoms. The van der Waals surface area contributed by atoms with Crippen LogP contribution in [-0.4, -0.2) is 10.8 Å². The molecule has 3 heteroatoms. The summed E-state index contributed by atoms with van der Waals surface area (Å²) in [5, 5.41) is 7.23. The van der Waals surface area contributed by atoms with Crippen LogP contribution in [0.1, 0.15) is 24.6 Å². The number of hydrogen-bond donors (Lipinski definition) is 3. The predicted octanol–water partition coefficient (Wildman–Crippen LogP) is 1.25. The molecule has 1 aromatic heterocycles. The number of H-pyrrole nitrogens is 1. The lowest BCUT2D eigenvalue weighted by Crippen LogP contribution is -2.12. The lowest BCUT2D eigenvalue weighted by atomic mass is 10.1. The van der Waals surface area contributed by atoms with Crippen LogP contribution in [0.2, 0.25) is 0 Å². The first-order chi connectivity index (χ1) is 5.25. The highest BCUT2D eigenvalue weighted by atomic mass is 14.8. The van der Waals surface area contributed by atoms with Crippen LogP contribution in [0, 0.1) is 5.41 Å². The average molecular weight is 151 g/mol. The Morgan fingerprint density at radius 3 is 3.00 bits per heavy atom. The zero-order chi connectivity index (χ0) is 8.27. The molecule has 1 heterocycles. The topological polar surface area (TPSA) is 65.7 Å². The monoisotopic (exact) mass is 151 g/mol. The molecule has 11 heavy (non-hydrogen) atoms. The lowest BCUT2D eigenvalue weighted by molar-refractivity contribution is 0.890. The molecule has 4 N–H and O–H groups in total. The van der Waals surface area contributed by atoms with Gasteiger partial charge in [0.1, 0.15) is 5.84 Å². The Balaban J connectivity index is 2.87. The number of nitrogens with two attached hydrogens (primary N) is 1. The van der Waals surface area contributed by atoms with Gasteiger partial charge in [-0.25, -0.2) is 0 Å². The molecule has 0 aliphatic heterocycles. The molecule has 0 atom stereocenters. The SMILES string of the molecule is CCCc1[nH]ccc1C(=N)N. The van der Waals surface area contributed by atoms with Crippen LogP contribution in [0.4, 0.5) is 0 Å². The number of nitrogen functional groups attached to an aromatic ring is 1. The second-order valence-corrected chi connectivity index (χ2v) is 2.53. The summed E-state index contributed by atoms with van der Waals surface area (Å²) in [5.74, 6) is 0.148. The Kier molecular flexibility index (Phi) is 2.31. The molecule has 60 valence electrons. The minimum Gasteiger partial charge on any atom is -0.384 e. The smallest absolute Gasteiger partial charge is 0.124 e. The van der Waals surface area contributed by atoms with Crippen LogP contribution < -0.4 is 5.73 Å². The number of amidine groups is 1. The molecule has 0 saturated heterocycles. The van der Waals surface area contributed by atoms with E-state index in [4.69, 9.17) is 11.1 Å². The van der Waals surface area contributed by atoms with Crippen molar-refractivity contribution < 1.29 is 0 Å². The third-order valence-electron chi connectivity index (χ3n) is 1.62. The van der Waals surface area contributed by atoms with Crippen LogP contribution in [-0.2, 0) is 6.42 Å². The Labute approximate surface area is 66.1 Å². The highest BCUT2D eigenvalue weighted by molar-refractivity contribution is 5.96. The van der Waals surface area contributed by atoms with Crippen molar-refractivity contribution in [3.05, 3.63) is 23.5 Å². The van der Waals surface area contributed by atoms with Crippen LogP contribution in [0.15, 0.2) is 12.3 Å². The van der Waals surface area contributed by atoms with Gasteiger partial charge in [-0.15, -0.1) is 0 Å². The lowest BCUT2D eigenvalue weighted by Gasteiger charge is -1.98. The molecule has 0 amide bonds. The van der Waals surface area contributed by atoms with Gasteiger partial charge in [0.2, 0.25) is 0 Å². The van der Waals surface area contributed by atoms with Gasteiger partial charge in [0, 0.05) is 17.5 Å². The van der Waals surface area contributed by atoms with Gasteiger partial charge in [-0.3, -0.25) is 5.41 Å². The van der Waals surface area contributed by atoms with E-state index in [2.05, 4.69) is 11.9 Å². The summed E-state index contributed by atoms with van der Waals surface area (Å²) >= 11 is 0. The molecule has 0 radical (unpaired) electrons. The summed E-state index contributed by atoms with van der Waals surface area (Å²) in [6, 6.07) is 1.84. The van der Waals surface area contributed by atoms with Crippen LogP contribution in [0.5, 0.6) is 0 Å². The first-order valence-corrected chi connectivity index (χ1v) is 3.76. The predicted molar refractivity (Wildman–Crippen MR) is 45.8 cm³/mol. The van der Waals surface area contributed by atoms with E-state index in [0.717, 1.165) is 24.1 Å². The fraction of sp³-hybridized carbons (Fsp3) is 0.375. The van der Waals surface area contributed by atoms with Gasteiger partial charge in [-0.1, -0.05) is 13.3 Å². The molecule has 0 fully saturated rings. The quantitative estimate of drug-likeness (QED) is 0.441. The maximum atomic E-state index is 7.23.